The monoisotopic (exact) mass is 283 g/mol. The standard InChI is InChI=1S/C14H13N5O2/c1-8-4-3-5-9(15)12(8)14-16-13(19-21-14)10-6-7-11(20-2)18-17-10/h3-7H,15H2,1-2H3. The molecular weight excluding hydrogens is 270 g/mol. The van der Waals surface area contributed by atoms with Crippen molar-refractivity contribution in [2.24, 2.45) is 0 Å². The number of aryl methyl sites for hydroxylation is 1. The van der Waals surface area contributed by atoms with E-state index < -0.39 is 0 Å². The summed E-state index contributed by atoms with van der Waals surface area (Å²) in [5.74, 6) is 1.13. The fourth-order valence-electron chi connectivity index (χ4n) is 1.96. The van der Waals surface area contributed by atoms with Crippen molar-refractivity contribution in [2.75, 3.05) is 12.8 Å². The number of ether oxygens (including phenoxy) is 1. The highest BCUT2D eigenvalue weighted by Crippen LogP contribution is 2.29. The van der Waals surface area contributed by atoms with E-state index in [1.165, 1.54) is 7.11 Å². The fourth-order valence-corrected chi connectivity index (χ4v) is 1.96. The predicted octanol–water partition coefficient (Wildman–Crippen LogP) is 2.09. The zero-order valence-corrected chi connectivity index (χ0v) is 11.6. The number of anilines is 1. The minimum atomic E-state index is 0.350. The SMILES string of the molecule is COc1ccc(-c2noc(-c3c(C)cccc3N)n2)nn1. The van der Waals surface area contributed by atoms with Crippen molar-refractivity contribution in [3.05, 3.63) is 35.9 Å². The summed E-state index contributed by atoms with van der Waals surface area (Å²) in [5, 5.41) is 11.8. The minimum absolute atomic E-state index is 0.350. The molecule has 0 saturated carbocycles. The van der Waals surface area contributed by atoms with Gasteiger partial charge in [-0.3, -0.25) is 0 Å². The molecule has 7 heteroatoms. The topological polar surface area (TPSA) is 100.0 Å². The van der Waals surface area contributed by atoms with Gasteiger partial charge in [0.05, 0.1) is 12.7 Å². The highest BCUT2D eigenvalue weighted by molar-refractivity contribution is 5.74. The average molecular weight is 283 g/mol. The van der Waals surface area contributed by atoms with Crippen LogP contribution in [0.25, 0.3) is 23.0 Å². The molecule has 21 heavy (non-hydrogen) atoms. The lowest BCUT2D eigenvalue weighted by Crippen LogP contribution is -1.94. The second-order valence-corrected chi connectivity index (χ2v) is 4.42. The third-order valence-electron chi connectivity index (χ3n) is 3.02. The first-order valence-electron chi connectivity index (χ1n) is 6.26. The Bertz CT molecular complexity index is 747. The van der Waals surface area contributed by atoms with Crippen LogP contribution in [0.2, 0.25) is 0 Å². The number of benzene rings is 1. The largest absolute Gasteiger partial charge is 0.480 e. The molecule has 0 fully saturated rings. The van der Waals surface area contributed by atoms with Gasteiger partial charge in [0.25, 0.3) is 5.89 Å². The lowest BCUT2D eigenvalue weighted by Gasteiger charge is -2.03. The van der Waals surface area contributed by atoms with Crippen LogP contribution in [-0.2, 0) is 0 Å². The number of methoxy groups -OCH3 is 1. The van der Waals surface area contributed by atoms with E-state index in [0.29, 0.717) is 29.0 Å². The number of nitrogens with two attached hydrogens (primary N) is 1. The number of hydrogen-bond donors (Lipinski definition) is 1. The first kappa shape index (κ1) is 13.0. The fraction of sp³-hybridized carbons (Fsp3) is 0.143. The maximum Gasteiger partial charge on any atom is 0.260 e. The molecule has 2 aromatic heterocycles. The van der Waals surface area contributed by atoms with E-state index in [4.69, 9.17) is 15.0 Å². The van der Waals surface area contributed by atoms with Crippen LogP contribution in [0.15, 0.2) is 34.9 Å². The van der Waals surface area contributed by atoms with Gasteiger partial charge in [-0.25, -0.2) is 0 Å². The second kappa shape index (κ2) is 5.20. The molecule has 0 atom stereocenters. The van der Waals surface area contributed by atoms with Gasteiger partial charge < -0.3 is 15.0 Å². The first-order valence-corrected chi connectivity index (χ1v) is 6.26. The van der Waals surface area contributed by atoms with Crippen LogP contribution >= 0.6 is 0 Å². The maximum absolute atomic E-state index is 5.97. The molecule has 0 spiro atoms. The number of aromatic nitrogens is 4. The summed E-state index contributed by atoms with van der Waals surface area (Å²) in [7, 11) is 1.52. The van der Waals surface area contributed by atoms with Crippen LogP contribution in [-0.4, -0.2) is 27.4 Å². The van der Waals surface area contributed by atoms with Gasteiger partial charge in [-0.2, -0.15) is 4.98 Å². The summed E-state index contributed by atoms with van der Waals surface area (Å²) in [6.45, 7) is 1.93. The predicted molar refractivity (Wildman–Crippen MR) is 76.5 cm³/mol. The van der Waals surface area contributed by atoms with Gasteiger partial charge >= 0.3 is 0 Å². The molecule has 7 nitrogen and oxygen atoms in total. The average Bonchev–Trinajstić information content (AvgIpc) is 2.97. The van der Waals surface area contributed by atoms with E-state index in [9.17, 15) is 0 Å². The maximum atomic E-state index is 5.97. The Hall–Kier alpha value is -2.96. The Kier molecular flexibility index (Phi) is 3.23. The van der Waals surface area contributed by atoms with Crippen LogP contribution in [0.1, 0.15) is 5.56 Å². The van der Waals surface area contributed by atoms with Crippen LogP contribution in [0, 0.1) is 6.92 Å². The minimum Gasteiger partial charge on any atom is -0.480 e. The Labute approximate surface area is 120 Å². The van der Waals surface area contributed by atoms with Crippen molar-refractivity contribution < 1.29 is 9.26 Å². The van der Waals surface area contributed by atoms with Crippen molar-refractivity contribution in [3.63, 3.8) is 0 Å². The summed E-state index contributed by atoms with van der Waals surface area (Å²) >= 11 is 0. The smallest absolute Gasteiger partial charge is 0.260 e. The molecule has 0 aliphatic rings. The van der Waals surface area contributed by atoms with Crippen molar-refractivity contribution in [3.8, 4) is 28.9 Å². The molecule has 3 rings (SSSR count). The molecular formula is C14H13N5O2. The molecule has 2 heterocycles. The van der Waals surface area contributed by atoms with Gasteiger partial charge in [0.2, 0.25) is 11.7 Å². The summed E-state index contributed by atoms with van der Waals surface area (Å²) in [6.07, 6.45) is 0. The van der Waals surface area contributed by atoms with E-state index in [0.717, 1.165) is 11.1 Å². The lowest BCUT2D eigenvalue weighted by atomic mass is 10.1. The normalized spacial score (nSPS) is 10.6. The summed E-state index contributed by atoms with van der Waals surface area (Å²) in [4.78, 5) is 4.33. The third-order valence-corrected chi connectivity index (χ3v) is 3.02. The molecule has 0 unspecified atom stereocenters. The van der Waals surface area contributed by atoms with Gasteiger partial charge in [0.15, 0.2) is 0 Å². The molecule has 0 radical (unpaired) electrons. The molecule has 2 N–H and O–H groups in total. The zero-order valence-electron chi connectivity index (χ0n) is 11.6. The molecule has 3 aromatic rings. The van der Waals surface area contributed by atoms with Gasteiger partial charge in [-0.1, -0.05) is 17.3 Å². The molecule has 0 aliphatic carbocycles. The van der Waals surface area contributed by atoms with Crippen molar-refractivity contribution >= 4 is 5.69 Å². The van der Waals surface area contributed by atoms with Crippen molar-refractivity contribution in [1.82, 2.24) is 20.3 Å². The van der Waals surface area contributed by atoms with Gasteiger partial charge in [0, 0.05) is 11.8 Å². The Balaban J connectivity index is 1.99. The van der Waals surface area contributed by atoms with E-state index in [1.807, 2.05) is 19.1 Å². The summed E-state index contributed by atoms with van der Waals surface area (Å²) in [5.41, 5.74) is 8.75. The molecule has 0 amide bonds. The van der Waals surface area contributed by atoms with Gasteiger partial charge in [-0.05, 0) is 24.6 Å². The molecule has 0 saturated heterocycles. The lowest BCUT2D eigenvalue weighted by molar-refractivity contribution is 0.392. The van der Waals surface area contributed by atoms with Crippen LogP contribution in [0.3, 0.4) is 0 Å². The molecule has 106 valence electrons. The van der Waals surface area contributed by atoms with Gasteiger partial charge in [-0.15, -0.1) is 10.2 Å². The first-order chi connectivity index (χ1) is 10.2. The van der Waals surface area contributed by atoms with Crippen LogP contribution < -0.4 is 10.5 Å². The highest BCUT2D eigenvalue weighted by Gasteiger charge is 2.16. The van der Waals surface area contributed by atoms with E-state index >= 15 is 0 Å². The number of rotatable bonds is 3. The van der Waals surface area contributed by atoms with E-state index in [1.54, 1.807) is 18.2 Å². The Morgan fingerprint density at radius 1 is 1.14 bits per heavy atom. The molecule has 0 aliphatic heterocycles. The number of nitrogens with zero attached hydrogens (tertiary/aromatic N) is 4. The van der Waals surface area contributed by atoms with Crippen LogP contribution in [0.5, 0.6) is 5.88 Å². The van der Waals surface area contributed by atoms with Gasteiger partial charge in [0.1, 0.15) is 5.69 Å². The van der Waals surface area contributed by atoms with Crippen molar-refractivity contribution in [2.45, 2.75) is 6.92 Å². The Morgan fingerprint density at radius 3 is 2.67 bits per heavy atom. The zero-order chi connectivity index (χ0) is 14.8. The Morgan fingerprint density at radius 2 is 2.00 bits per heavy atom. The summed E-state index contributed by atoms with van der Waals surface area (Å²) in [6, 6.07) is 8.99. The van der Waals surface area contributed by atoms with Crippen molar-refractivity contribution in [1.29, 1.82) is 0 Å². The number of nitrogen functional groups attached to an aromatic ring is 1. The summed E-state index contributed by atoms with van der Waals surface area (Å²) < 4.78 is 10.2. The quantitative estimate of drug-likeness (QED) is 0.734. The van der Waals surface area contributed by atoms with E-state index in [2.05, 4.69) is 20.3 Å². The van der Waals surface area contributed by atoms with E-state index in [-0.39, 0.29) is 0 Å². The third kappa shape index (κ3) is 2.40. The highest BCUT2D eigenvalue weighted by atomic mass is 16.5. The number of hydrogen-bond acceptors (Lipinski definition) is 7. The van der Waals surface area contributed by atoms with Crippen LogP contribution in [0.4, 0.5) is 5.69 Å². The molecule has 0 bridgehead atoms. The second-order valence-electron chi connectivity index (χ2n) is 4.42. The molecule has 1 aromatic carbocycles.